The predicted octanol–water partition coefficient (Wildman–Crippen LogP) is 3.29. The maximum absolute atomic E-state index is 12.9. The van der Waals surface area contributed by atoms with Gasteiger partial charge in [0, 0.05) is 30.0 Å². The van der Waals surface area contributed by atoms with Crippen molar-refractivity contribution in [3.63, 3.8) is 0 Å². The van der Waals surface area contributed by atoms with Gasteiger partial charge in [0.05, 0.1) is 5.56 Å². The van der Waals surface area contributed by atoms with E-state index < -0.39 is 23.6 Å². The van der Waals surface area contributed by atoms with Gasteiger partial charge in [-0.25, -0.2) is 0 Å². The lowest BCUT2D eigenvalue weighted by atomic mass is 10.1. The van der Waals surface area contributed by atoms with E-state index in [9.17, 15) is 22.8 Å². The van der Waals surface area contributed by atoms with E-state index in [4.69, 9.17) is 0 Å². The lowest BCUT2D eigenvalue weighted by molar-refractivity contribution is -0.137. The second kappa shape index (κ2) is 7.25. The summed E-state index contributed by atoms with van der Waals surface area (Å²) in [4.78, 5) is 23.2. The Kier molecular flexibility index (Phi) is 5.56. The molecule has 1 heterocycles. The molecule has 1 fully saturated rings. The van der Waals surface area contributed by atoms with Crippen LogP contribution >= 0.6 is 11.8 Å². The molecular formula is C15H17F3N2O2S. The van der Waals surface area contributed by atoms with E-state index in [0.29, 0.717) is 11.8 Å². The Morgan fingerprint density at radius 1 is 1.30 bits per heavy atom. The second-order valence-electron chi connectivity index (χ2n) is 5.32. The first-order chi connectivity index (χ1) is 10.8. The highest BCUT2D eigenvalue weighted by Gasteiger charge is 2.32. The Bertz CT molecular complexity index is 599. The number of rotatable bonds is 4. The summed E-state index contributed by atoms with van der Waals surface area (Å²) in [6, 6.07) is 2.85. The third kappa shape index (κ3) is 5.16. The number of nitrogens with one attached hydrogen (secondary N) is 2. The number of amides is 2. The Hall–Kier alpha value is -1.70. The smallest absolute Gasteiger partial charge is 0.351 e. The van der Waals surface area contributed by atoms with E-state index in [0.717, 1.165) is 30.7 Å². The van der Waals surface area contributed by atoms with Gasteiger partial charge in [-0.1, -0.05) is 0 Å². The maximum Gasteiger partial charge on any atom is 0.416 e. The van der Waals surface area contributed by atoms with Gasteiger partial charge >= 0.3 is 6.18 Å². The standard InChI is InChI=1S/C15H17F3N2O2S/c1-9(21)20-12-6-10(5-11(7-12)15(16,17)18)14(22)19-8-13-3-2-4-23-13/h5-7,13H,2-4,8H2,1H3,(H,19,22)(H,20,21)/t13-/m0/s1. The van der Waals surface area contributed by atoms with Crippen LogP contribution in [-0.2, 0) is 11.0 Å². The average molecular weight is 346 g/mol. The molecule has 8 heteroatoms. The number of hydrogen-bond acceptors (Lipinski definition) is 3. The highest BCUT2D eigenvalue weighted by Crippen LogP contribution is 2.32. The molecule has 0 radical (unpaired) electrons. The molecule has 4 nitrogen and oxygen atoms in total. The first kappa shape index (κ1) is 17.7. The minimum Gasteiger partial charge on any atom is -0.351 e. The van der Waals surface area contributed by atoms with Gasteiger partial charge in [0.1, 0.15) is 0 Å². The third-order valence-corrected chi connectivity index (χ3v) is 4.76. The summed E-state index contributed by atoms with van der Waals surface area (Å²) >= 11 is 1.75. The van der Waals surface area contributed by atoms with Crippen LogP contribution in [-0.4, -0.2) is 29.4 Å². The van der Waals surface area contributed by atoms with E-state index in [1.807, 2.05) is 0 Å². The number of carbonyl (C=O) groups is 2. The molecule has 1 aliphatic rings. The quantitative estimate of drug-likeness (QED) is 0.880. The fraction of sp³-hybridized carbons (Fsp3) is 0.467. The van der Waals surface area contributed by atoms with Crippen molar-refractivity contribution in [2.75, 3.05) is 17.6 Å². The van der Waals surface area contributed by atoms with Crippen LogP contribution in [0.3, 0.4) is 0 Å². The Morgan fingerprint density at radius 3 is 2.61 bits per heavy atom. The van der Waals surface area contributed by atoms with Gasteiger partial charge in [0.2, 0.25) is 5.91 Å². The first-order valence-electron chi connectivity index (χ1n) is 7.15. The van der Waals surface area contributed by atoms with Crippen molar-refractivity contribution >= 4 is 29.3 Å². The molecule has 2 rings (SSSR count). The Balaban J connectivity index is 2.17. The summed E-state index contributed by atoms with van der Waals surface area (Å²) in [5.74, 6) is -0.0372. The number of carbonyl (C=O) groups excluding carboxylic acids is 2. The Morgan fingerprint density at radius 2 is 2.04 bits per heavy atom. The third-order valence-electron chi connectivity index (χ3n) is 3.36. The lowest BCUT2D eigenvalue weighted by Crippen LogP contribution is -2.30. The van der Waals surface area contributed by atoms with E-state index in [1.165, 1.54) is 13.0 Å². The van der Waals surface area contributed by atoms with Gasteiger partial charge in [-0.15, -0.1) is 0 Å². The molecule has 1 atom stereocenters. The summed E-state index contributed by atoms with van der Waals surface area (Å²) in [6.45, 7) is 1.62. The number of halogens is 3. The van der Waals surface area contributed by atoms with E-state index in [1.54, 1.807) is 11.8 Å². The molecule has 2 amide bonds. The number of benzene rings is 1. The molecule has 23 heavy (non-hydrogen) atoms. The van der Waals surface area contributed by atoms with Crippen LogP contribution in [0, 0.1) is 0 Å². The average Bonchev–Trinajstić information content (AvgIpc) is 2.96. The van der Waals surface area contributed by atoms with E-state index in [2.05, 4.69) is 10.6 Å². The van der Waals surface area contributed by atoms with Crippen molar-refractivity contribution in [2.45, 2.75) is 31.2 Å². The van der Waals surface area contributed by atoms with Crippen molar-refractivity contribution in [3.05, 3.63) is 29.3 Å². The highest BCUT2D eigenvalue weighted by molar-refractivity contribution is 8.00. The van der Waals surface area contributed by atoms with Gasteiger partial charge < -0.3 is 10.6 Å². The van der Waals surface area contributed by atoms with Crippen LogP contribution in [0.1, 0.15) is 35.7 Å². The monoisotopic (exact) mass is 346 g/mol. The molecule has 0 spiro atoms. The molecule has 1 saturated heterocycles. The summed E-state index contributed by atoms with van der Waals surface area (Å²) in [5.41, 5.74) is -1.14. The van der Waals surface area contributed by atoms with E-state index >= 15 is 0 Å². The van der Waals surface area contributed by atoms with Crippen molar-refractivity contribution in [1.82, 2.24) is 5.32 Å². The summed E-state index contributed by atoms with van der Waals surface area (Å²) < 4.78 is 38.8. The van der Waals surface area contributed by atoms with Crippen LogP contribution in [0.5, 0.6) is 0 Å². The molecule has 1 aromatic rings. The van der Waals surface area contributed by atoms with Crippen molar-refractivity contribution in [2.24, 2.45) is 0 Å². The number of hydrogen-bond donors (Lipinski definition) is 2. The maximum atomic E-state index is 12.9. The molecule has 0 saturated carbocycles. The van der Waals surface area contributed by atoms with Crippen LogP contribution in [0.25, 0.3) is 0 Å². The van der Waals surface area contributed by atoms with Crippen molar-refractivity contribution in [1.29, 1.82) is 0 Å². The van der Waals surface area contributed by atoms with Crippen LogP contribution in [0.15, 0.2) is 18.2 Å². The molecule has 0 unspecified atom stereocenters. The first-order valence-corrected chi connectivity index (χ1v) is 8.20. The summed E-state index contributed by atoms with van der Waals surface area (Å²) in [6.07, 6.45) is -2.52. The molecule has 1 aliphatic heterocycles. The molecule has 2 N–H and O–H groups in total. The fourth-order valence-corrected chi connectivity index (χ4v) is 3.51. The zero-order chi connectivity index (χ0) is 17.0. The normalized spacial score (nSPS) is 17.8. The van der Waals surface area contributed by atoms with Gasteiger partial charge in [-0.2, -0.15) is 24.9 Å². The largest absolute Gasteiger partial charge is 0.416 e. The predicted molar refractivity (Wildman–Crippen MR) is 83.6 cm³/mol. The Labute approximate surface area is 136 Å². The van der Waals surface area contributed by atoms with Crippen molar-refractivity contribution < 1.29 is 22.8 Å². The van der Waals surface area contributed by atoms with Crippen LogP contribution in [0.4, 0.5) is 18.9 Å². The van der Waals surface area contributed by atoms with Crippen LogP contribution < -0.4 is 10.6 Å². The van der Waals surface area contributed by atoms with Gasteiger partial charge in [-0.05, 0) is 36.8 Å². The zero-order valence-corrected chi connectivity index (χ0v) is 13.3. The molecule has 0 aliphatic carbocycles. The SMILES string of the molecule is CC(=O)Nc1cc(C(=O)NC[C@@H]2CCCS2)cc(C(F)(F)F)c1. The molecule has 1 aromatic carbocycles. The lowest BCUT2D eigenvalue weighted by Gasteiger charge is -2.14. The number of thioether (sulfide) groups is 1. The zero-order valence-electron chi connectivity index (χ0n) is 12.5. The van der Waals surface area contributed by atoms with Crippen molar-refractivity contribution in [3.8, 4) is 0 Å². The summed E-state index contributed by atoms with van der Waals surface area (Å²) in [7, 11) is 0. The number of alkyl halides is 3. The molecule has 0 bridgehead atoms. The van der Waals surface area contributed by atoms with Crippen LogP contribution in [0.2, 0.25) is 0 Å². The number of anilines is 1. The minimum absolute atomic E-state index is 0.0484. The topological polar surface area (TPSA) is 58.2 Å². The molecule has 126 valence electrons. The van der Waals surface area contributed by atoms with E-state index in [-0.39, 0.29) is 11.3 Å². The summed E-state index contributed by atoms with van der Waals surface area (Å²) in [5, 5.41) is 5.25. The second-order valence-corrected chi connectivity index (χ2v) is 6.73. The fourth-order valence-electron chi connectivity index (χ4n) is 2.31. The molecule has 0 aromatic heterocycles. The molecular weight excluding hydrogens is 329 g/mol. The van der Waals surface area contributed by atoms with Gasteiger partial charge in [0.15, 0.2) is 0 Å². The minimum atomic E-state index is -4.59. The van der Waals surface area contributed by atoms with Gasteiger partial charge in [-0.3, -0.25) is 9.59 Å². The van der Waals surface area contributed by atoms with Gasteiger partial charge in [0.25, 0.3) is 5.91 Å². The highest BCUT2D eigenvalue weighted by atomic mass is 32.2.